The maximum Gasteiger partial charge on any atom is 0.222 e. The molecule has 5 N–H and O–H groups in total. The number of aromatic nitrogens is 1. The minimum atomic E-state index is -0.677. The van der Waals surface area contributed by atoms with E-state index in [1.54, 1.807) is 12.1 Å². The van der Waals surface area contributed by atoms with E-state index < -0.39 is 23.6 Å². The summed E-state index contributed by atoms with van der Waals surface area (Å²) in [5.41, 5.74) is 6.69. The van der Waals surface area contributed by atoms with E-state index in [0.717, 1.165) is 10.9 Å². The Balaban J connectivity index is 0.000000290. The van der Waals surface area contributed by atoms with Crippen LogP contribution >= 0.6 is 22.9 Å². The van der Waals surface area contributed by atoms with Gasteiger partial charge in [0.1, 0.15) is 11.6 Å². The Morgan fingerprint density at radius 3 is 2.62 bits per heavy atom. The smallest absolute Gasteiger partial charge is 0.222 e. The van der Waals surface area contributed by atoms with Gasteiger partial charge in [0.15, 0.2) is 0 Å². The van der Waals surface area contributed by atoms with Crippen molar-refractivity contribution in [1.29, 1.82) is 0 Å². The number of rotatable bonds is 4. The van der Waals surface area contributed by atoms with Crippen molar-refractivity contribution in [3.8, 4) is 10.6 Å². The molecule has 1 unspecified atom stereocenters. The molecule has 0 saturated carbocycles. The zero-order chi connectivity index (χ0) is 21.1. The molecule has 0 bridgehead atoms. The van der Waals surface area contributed by atoms with Crippen molar-refractivity contribution in [1.82, 2.24) is 10.3 Å². The average Bonchev–Trinajstić information content (AvgIpc) is 3.32. The van der Waals surface area contributed by atoms with Crippen molar-refractivity contribution >= 4 is 45.7 Å². The second kappa shape index (κ2) is 8.89. The number of H-pyrrole nitrogens is 1. The zero-order valence-corrected chi connectivity index (χ0v) is 16.7. The molecule has 0 spiro atoms. The van der Waals surface area contributed by atoms with Crippen LogP contribution in [0.3, 0.4) is 0 Å². The molecule has 3 aromatic rings. The second-order valence-electron chi connectivity index (χ2n) is 6.52. The van der Waals surface area contributed by atoms with Crippen LogP contribution in [0.15, 0.2) is 24.3 Å². The van der Waals surface area contributed by atoms with Crippen LogP contribution in [0.5, 0.6) is 0 Å². The summed E-state index contributed by atoms with van der Waals surface area (Å²) >= 11 is 7.26. The first-order valence-electron chi connectivity index (χ1n) is 8.73. The van der Waals surface area contributed by atoms with Gasteiger partial charge in [-0.25, -0.2) is 8.78 Å². The highest BCUT2D eigenvalue weighted by Gasteiger charge is 2.19. The van der Waals surface area contributed by atoms with E-state index >= 15 is 0 Å². The summed E-state index contributed by atoms with van der Waals surface area (Å²) in [4.78, 5) is 25.0. The molecule has 1 aliphatic rings. The van der Waals surface area contributed by atoms with Crippen LogP contribution in [0.2, 0.25) is 4.34 Å². The van der Waals surface area contributed by atoms with Gasteiger partial charge in [-0.1, -0.05) is 11.6 Å². The third-order valence-corrected chi connectivity index (χ3v) is 5.58. The molecule has 10 heteroatoms. The van der Waals surface area contributed by atoms with Crippen molar-refractivity contribution in [2.75, 3.05) is 6.54 Å². The van der Waals surface area contributed by atoms with Crippen LogP contribution < -0.4 is 11.1 Å². The fraction of sp³-hybridized carbons (Fsp3) is 0.263. The lowest BCUT2D eigenvalue weighted by Crippen LogP contribution is -2.14. The maximum atomic E-state index is 14.0. The Kier molecular flexibility index (Phi) is 6.51. The molecule has 1 aromatic carbocycles. The largest absolute Gasteiger partial charge is 0.391 e. The normalized spacial score (nSPS) is 15.9. The van der Waals surface area contributed by atoms with Gasteiger partial charge in [-0.15, -0.1) is 11.3 Å². The topological polar surface area (TPSA) is 108 Å². The molecule has 4 rings (SSSR count). The fourth-order valence-electron chi connectivity index (χ4n) is 3.03. The Labute approximate surface area is 173 Å². The molecule has 1 atom stereocenters. The predicted octanol–water partition coefficient (Wildman–Crippen LogP) is 3.11. The minimum Gasteiger partial charge on any atom is -0.391 e. The highest BCUT2D eigenvalue weighted by Crippen LogP contribution is 2.37. The van der Waals surface area contributed by atoms with Crippen LogP contribution in [-0.2, 0) is 16.0 Å². The van der Waals surface area contributed by atoms with Gasteiger partial charge in [0.2, 0.25) is 11.8 Å². The summed E-state index contributed by atoms with van der Waals surface area (Å²) in [6.07, 6.45) is 0.229. The highest BCUT2D eigenvalue weighted by atomic mass is 35.5. The first-order valence-corrected chi connectivity index (χ1v) is 9.92. The number of carbonyl (C=O) groups excluding carboxylic acids is 2. The molecule has 1 aliphatic heterocycles. The quantitative estimate of drug-likeness (QED) is 0.499. The molecule has 154 valence electrons. The first kappa shape index (κ1) is 21.2. The minimum absolute atomic E-state index is 0.0486. The number of thiophene rings is 1. The molecular weight excluding hydrogens is 424 g/mol. The lowest BCUT2D eigenvalue weighted by Gasteiger charge is -2.02. The molecule has 0 radical (unpaired) electrons. The number of hydrogen-bond acceptors (Lipinski definition) is 4. The summed E-state index contributed by atoms with van der Waals surface area (Å²) in [5, 5.41) is 11.5. The molecule has 2 amide bonds. The maximum absolute atomic E-state index is 14.0. The van der Waals surface area contributed by atoms with E-state index in [1.807, 2.05) is 0 Å². The highest BCUT2D eigenvalue weighted by molar-refractivity contribution is 7.19. The van der Waals surface area contributed by atoms with E-state index in [2.05, 4.69) is 10.3 Å². The van der Waals surface area contributed by atoms with Gasteiger partial charge in [0.25, 0.3) is 0 Å². The lowest BCUT2D eigenvalue weighted by atomic mass is 10.0. The van der Waals surface area contributed by atoms with Gasteiger partial charge in [-0.3, -0.25) is 9.59 Å². The van der Waals surface area contributed by atoms with Crippen LogP contribution in [0.1, 0.15) is 18.4 Å². The summed E-state index contributed by atoms with van der Waals surface area (Å²) < 4.78 is 28.1. The molecule has 3 heterocycles. The van der Waals surface area contributed by atoms with Crippen molar-refractivity contribution in [3.63, 3.8) is 0 Å². The van der Waals surface area contributed by atoms with Crippen LogP contribution in [0.4, 0.5) is 8.78 Å². The number of hydrogen-bond donors (Lipinski definition) is 4. The van der Waals surface area contributed by atoms with Crippen molar-refractivity contribution in [2.45, 2.75) is 25.4 Å². The van der Waals surface area contributed by atoms with E-state index in [0.29, 0.717) is 33.9 Å². The number of nitrogens with two attached hydrogens (primary N) is 1. The van der Waals surface area contributed by atoms with E-state index in [4.69, 9.17) is 22.4 Å². The molecule has 2 aromatic heterocycles. The number of carbonyl (C=O) groups is 2. The molecule has 6 nitrogen and oxygen atoms in total. The average molecular weight is 442 g/mol. The Morgan fingerprint density at radius 1 is 1.34 bits per heavy atom. The summed E-state index contributed by atoms with van der Waals surface area (Å²) in [5.74, 6) is -1.86. The number of aliphatic hydroxyl groups excluding tert-OH is 1. The van der Waals surface area contributed by atoms with Crippen molar-refractivity contribution < 1.29 is 23.5 Å². The van der Waals surface area contributed by atoms with Crippen molar-refractivity contribution in [2.24, 2.45) is 5.73 Å². The predicted molar refractivity (Wildman–Crippen MR) is 108 cm³/mol. The molecular formula is C19H18ClF2N3O3S. The Morgan fingerprint density at radius 2 is 2.10 bits per heavy atom. The number of β-amino-alcohol motifs (C(OH)–C–C–N with tert-alkyl or cyclic N) is 1. The van der Waals surface area contributed by atoms with Crippen LogP contribution in [0.25, 0.3) is 21.5 Å². The standard InChI is InChI=1S/C15H11ClF2N2OS.C4H7NO2/c16-12-3-2-11(22-12)15-8(1-4-13(19)21)9-5-7(17)6-10(18)14(9)20-15;6-3-1-4(7)5-2-3/h2-3,5-6,20H,1,4H2,(H2,19,21);3,6H,1-2H2,(H,5,7). The Hall–Kier alpha value is -2.49. The number of aryl methyl sites for hydroxylation is 1. The SMILES string of the molecule is NC(=O)CCc1c(-c2ccc(Cl)s2)[nH]c2c(F)cc(F)cc12.O=C1CC(O)CN1. The molecule has 1 fully saturated rings. The molecule has 1 saturated heterocycles. The molecule has 0 aliphatic carbocycles. The fourth-order valence-corrected chi connectivity index (χ4v) is 4.10. The molecule has 29 heavy (non-hydrogen) atoms. The zero-order valence-electron chi connectivity index (χ0n) is 15.1. The van der Waals surface area contributed by atoms with Gasteiger partial charge < -0.3 is 21.1 Å². The van der Waals surface area contributed by atoms with E-state index in [1.165, 1.54) is 17.4 Å². The van der Waals surface area contributed by atoms with Gasteiger partial charge in [-0.05, 0) is 30.2 Å². The third kappa shape index (κ3) is 5.11. The number of fused-ring (bicyclic) bond motifs is 1. The van der Waals surface area contributed by atoms with E-state index in [-0.39, 0.29) is 24.3 Å². The number of nitrogens with one attached hydrogen (secondary N) is 2. The number of amides is 2. The third-order valence-electron chi connectivity index (χ3n) is 4.33. The van der Waals surface area contributed by atoms with Gasteiger partial charge in [-0.2, -0.15) is 0 Å². The monoisotopic (exact) mass is 441 g/mol. The summed E-state index contributed by atoms with van der Waals surface area (Å²) in [7, 11) is 0. The van der Waals surface area contributed by atoms with Gasteiger partial charge >= 0.3 is 0 Å². The van der Waals surface area contributed by atoms with Gasteiger partial charge in [0.05, 0.1) is 32.9 Å². The number of benzene rings is 1. The second-order valence-corrected chi connectivity index (χ2v) is 8.24. The van der Waals surface area contributed by atoms with Gasteiger partial charge in [0, 0.05) is 24.4 Å². The van der Waals surface area contributed by atoms with Crippen LogP contribution in [0, 0.1) is 11.6 Å². The first-order chi connectivity index (χ1) is 13.7. The lowest BCUT2D eigenvalue weighted by molar-refractivity contribution is -0.119. The number of aromatic amines is 1. The number of primary amides is 1. The number of halogens is 3. The van der Waals surface area contributed by atoms with E-state index in [9.17, 15) is 18.4 Å². The summed E-state index contributed by atoms with van der Waals surface area (Å²) in [6.45, 7) is 0.429. The van der Waals surface area contributed by atoms with Crippen molar-refractivity contribution in [3.05, 3.63) is 45.8 Å². The summed E-state index contributed by atoms with van der Waals surface area (Å²) in [6, 6.07) is 5.59. The number of aliphatic hydroxyl groups is 1. The Bertz CT molecular complexity index is 1070. The van der Waals surface area contributed by atoms with Crippen LogP contribution in [-0.4, -0.2) is 34.6 Å².